The molecule has 0 N–H and O–H groups in total. The normalized spacial score (nSPS) is 14.8. The Morgan fingerprint density at radius 3 is 2.58 bits per heavy atom. The molecule has 0 heterocycles. The van der Waals surface area contributed by atoms with Crippen LogP contribution in [0, 0.1) is 0 Å². The number of carbonyl (C=O) groups excluding carboxylic acids is 1. The van der Waals surface area contributed by atoms with Crippen molar-refractivity contribution >= 4 is 16.8 Å². The Kier molecular flexibility index (Phi) is 5.11. The van der Waals surface area contributed by atoms with Gasteiger partial charge in [-0.05, 0) is 32.0 Å². The van der Waals surface area contributed by atoms with Gasteiger partial charge in [0.2, 0.25) is 0 Å². The SMILES string of the molecule is CCOC(=O)C(C)S(=O)c1cccc(C(F)(F)F)c1. The van der Waals surface area contributed by atoms with E-state index in [0.717, 1.165) is 18.2 Å². The van der Waals surface area contributed by atoms with Crippen LogP contribution in [-0.4, -0.2) is 22.0 Å². The van der Waals surface area contributed by atoms with Gasteiger partial charge in [-0.3, -0.25) is 9.00 Å². The monoisotopic (exact) mass is 294 g/mol. The first-order valence-corrected chi connectivity index (χ1v) is 6.73. The molecule has 0 bridgehead atoms. The van der Waals surface area contributed by atoms with Crippen LogP contribution in [0.3, 0.4) is 0 Å². The van der Waals surface area contributed by atoms with Crippen LogP contribution in [0.1, 0.15) is 19.4 Å². The lowest BCUT2D eigenvalue weighted by atomic mass is 10.2. The summed E-state index contributed by atoms with van der Waals surface area (Å²) in [5.74, 6) is -0.696. The number of hydrogen-bond donors (Lipinski definition) is 0. The summed E-state index contributed by atoms with van der Waals surface area (Å²) in [6.45, 7) is 3.08. The maximum atomic E-state index is 12.5. The second-order valence-electron chi connectivity index (χ2n) is 3.72. The fraction of sp³-hybridized carbons (Fsp3) is 0.417. The van der Waals surface area contributed by atoms with Crippen LogP contribution in [0.15, 0.2) is 29.2 Å². The predicted molar refractivity (Wildman–Crippen MR) is 63.9 cm³/mol. The minimum Gasteiger partial charge on any atom is -0.465 e. The molecule has 1 aromatic rings. The molecule has 19 heavy (non-hydrogen) atoms. The van der Waals surface area contributed by atoms with Gasteiger partial charge in [-0.15, -0.1) is 0 Å². The molecule has 106 valence electrons. The Bertz CT molecular complexity index is 485. The van der Waals surface area contributed by atoms with Crippen molar-refractivity contribution in [1.29, 1.82) is 0 Å². The van der Waals surface area contributed by atoms with E-state index in [1.165, 1.54) is 13.0 Å². The van der Waals surface area contributed by atoms with Gasteiger partial charge in [0.15, 0.2) is 0 Å². The fourth-order valence-electron chi connectivity index (χ4n) is 1.35. The van der Waals surface area contributed by atoms with Gasteiger partial charge in [0.05, 0.1) is 23.0 Å². The van der Waals surface area contributed by atoms with Crippen LogP contribution in [0.25, 0.3) is 0 Å². The molecule has 0 radical (unpaired) electrons. The third kappa shape index (κ3) is 4.05. The summed E-state index contributed by atoms with van der Waals surface area (Å²) in [6.07, 6.45) is -4.51. The number of alkyl halides is 3. The van der Waals surface area contributed by atoms with Gasteiger partial charge >= 0.3 is 12.1 Å². The number of halogens is 3. The van der Waals surface area contributed by atoms with Crippen molar-refractivity contribution in [3.05, 3.63) is 29.8 Å². The summed E-state index contributed by atoms with van der Waals surface area (Å²) in [5.41, 5.74) is -0.894. The van der Waals surface area contributed by atoms with Crippen LogP contribution in [0.5, 0.6) is 0 Å². The summed E-state index contributed by atoms with van der Waals surface area (Å²) >= 11 is 0. The minimum atomic E-state index is -4.51. The van der Waals surface area contributed by atoms with Gasteiger partial charge in [0.25, 0.3) is 0 Å². The van der Waals surface area contributed by atoms with Crippen molar-refractivity contribution < 1.29 is 26.9 Å². The Morgan fingerprint density at radius 2 is 2.05 bits per heavy atom. The van der Waals surface area contributed by atoms with Gasteiger partial charge < -0.3 is 4.74 Å². The summed E-state index contributed by atoms with van der Waals surface area (Å²) in [5, 5.41) is -1.01. The van der Waals surface area contributed by atoms with Gasteiger partial charge in [-0.25, -0.2) is 0 Å². The van der Waals surface area contributed by atoms with Crippen molar-refractivity contribution in [3.8, 4) is 0 Å². The molecule has 0 aliphatic heterocycles. The molecular formula is C12H13F3O3S. The Hall–Kier alpha value is -1.37. The van der Waals surface area contributed by atoms with E-state index in [1.807, 2.05) is 0 Å². The predicted octanol–water partition coefficient (Wildman–Crippen LogP) is 2.76. The first-order chi connectivity index (χ1) is 8.77. The summed E-state index contributed by atoms with van der Waals surface area (Å²) < 4.78 is 54.2. The molecule has 0 saturated heterocycles. The van der Waals surface area contributed by atoms with Crippen molar-refractivity contribution in [1.82, 2.24) is 0 Å². The summed E-state index contributed by atoms with van der Waals surface area (Å²) in [6, 6.07) is 4.12. The molecule has 0 aromatic heterocycles. The van der Waals surface area contributed by atoms with E-state index in [-0.39, 0.29) is 11.5 Å². The zero-order valence-corrected chi connectivity index (χ0v) is 11.2. The molecule has 0 spiro atoms. The highest BCUT2D eigenvalue weighted by atomic mass is 32.2. The fourth-order valence-corrected chi connectivity index (χ4v) is 2.46. The Labute approximate surface area is 111 Å². The second-order valence-corrected chi connectivity index (χ2v) is 5.49. The van der Waals surface area contributed by atoms with E-state index >= 15 is 0 Å². The molecule has 0 aliphatic carbocycles. The molecule has 0 aliphatic rings. The lowest BCUT2D eigenvalue weighted by molar-refractivity contribution is -0.142. The second kappa shape index (κ2) is 6.18. The number of esters is 1. The molecule has 0 saturated carbocycles. The third-order valence-corrected chi connectivity index (χ3v) is 3.89. The average molecular weight is 294 g/mol. The highest BCUT2D eigenvalue weighted by molar-refractivity contribution is 7.86. The largest absolute Gasteiger partial charge is 0.465 e. The number of benzene rings is 1. The van der Waals surface area contributed by atoms with Gasteiger partial charge in [0.1, 0.15) is 5.25 Å². The minimum absolute atomic E-state index is 0.0459. The highest BCUT2D eigenvalue weighted by Gasteiger charge is 2.31. The van der Waals surface area contributed by atoms with Crippen molar-refractivity contribution in [2.45, 2.75) is 30.2 Å². The summed E-state index contributed by atoms with van der Waals surface area (Å²) in [7, 11) is -1.88. The van der Waals surface area contributed by atoms with E-state index < -0.39 is 33.8 Å². The molecule has 7 heteroatoms. The molecule has 3 nitrogen and oxygen atoms in total. The zero-order valence-electron chi connectivity index (χ0n) is 10.4. The number of ether oxygens (including phenoxy) is 1. The number of rotatable bonds is 4. The standard InChI is InChI=1S/C12H13F3O3S/c1-3-18-11(16)8(2)19(17)10-6-4-5-9(7-10)12(13,14)15/h4-8H,3H2,1-2H3. The molecule has 2 atom stereocenters. The van der Waals surface area contributed by atoms with Crippen LogP contribution >= 0.6 is 0 Å². The van der Waals surface area contributed by atoms with E-state index in [4.69, 9.17) is 0 Å². The third-order valence-electron chi connectivity index (χ3n) is 2.33. The van der Waals surface area contributed by atoms with Gasteiger partial charge in [-0.2, -0.15) is 13.2 Å². The number of hydrogen-bond acceptors (Lipinski definition) is 3. The lowest BCUT2D eigenvalue weighted by Crippen LogP contribution is -2.25. The first kappa shape index (κ1) is 15.7. The van der Waals surface area contributed by atoms with Crippen LogP contribution in [0.2, 0.25) is 0 Å². The lowest BCUT2D eigenvalue weighted by Gasteiger charge is -2.12. The molecule has 2 unspecified atom stereocenters. The Morgan fingerprint density at radius 1 is 1.42 bits per heavy atom. The summed E-state index contributed by atoms with van der Waals surface area (Å²) in [4.78, 5) is 11.4. The smallest absolute Gasteiger partial charge is 0.416 e. The highest BCUT2D eigenvalue weighted by Crippen LogP contribution is 2.30. The maximum Gasteiger partial charge on any atom is 0.416 e. The van der Waals surface area contributed by atoms with Crippen molar-refractivity contribution in [2.75, 3.05) is 6.61 Å². The van der Waals surface area contributed by atoms with E-state index in [2.05, 4.69) is 4.74 Å². The van der Waals surface area contributed by atoms with Crippen LogP contribution in [-0.2, 0) is 26.5 Å². The molecular weight excluding hydrogens is 281 g/mol. The molecule has 0 fully saturated rings. The molecule has 1 rings (SSSR count). The van der Waals surface area contributed by atoms with Crippen molar-refractivity contribution in [2.24, 2.45) is 0 Å². The average Bonchev–Trinajstić information content (AvgIpc) is 2.36. The van der Waals surface area contributed by atoms with Gasteiger partial charge in [-0.1, -0.05) is 6.07 Å². The van der Waals surface area contributed by atoms with Crippen molar-refractivity contribution in [3.63, 3.8) is 0 Å². The van der Waals surface area contributed by atoms with Crippen LogP contribution < -0.4 is 0 Å². The number of carbonyl (C=O) groups is 1. The van der Waals surface area contributed by atoms with Gasteiger partial charge in [0, 0.05) is 4.90 Å². The van der Waals surface area contributed by atoms with E-state index in [0.29, 0.717) is 0 Å². The Balaban J connectivity index is 2.97. The van der Waals surface area contributed by atoms with E-state index in [9.17, 15) is 22.2 Å². The zero-order chi connectivity index (χ0) is 14.6. The molecule has 1 aromatic carbocycles. The molecule has 0 amide bonds. The quantitative estimate of drug-likeness (QED) is 0.802. The first-order valence-electron chi connectivity index (χ1n) is 5.51. The maximum absolute atomic E-state index is 12.5. The topological polar surface area (TPSA) is 43.4 Å². The van der Waals surface area contributed by atoms with E-state index in [1.54, 1.807) is 6.92 Å². The van der Waals surface area contributed by atoms with Crippen LogP contribution in [0.4, 0.5) is 13.2 Å².